The molecular weight excluding hydrogens is 316 g/mol. The Kier molecular flexibility index (Phi) is 4.25. The third-order valence-corrected chi connectivity index (χ3v) is 4.83. The second-order valence-corrected chi connectivity index (χ2v) is 6.40. The highest BCUT2D eigenvalue weighted by atomic mass is 32.2. The van der Waals surface area contributed by atoms with Crippen LogP contribution in [-0.2, 0) is 16.0 Å². The summed E-state index contributed by atoms with van der Waals surface area (Å²) in [5, 5.41) is 18.5. The largest absolute Gasteiger partial charge is 0.508 e. The zero-order valence-electron chi connectivity index (χ0n) is 12.1. The number of carbonyl (C=O) groups excluding carboxylic acids is 2. The molecule has 0 spiro atoms. The molecule has 118 valence electrons. The predicted molar refractivity (Wildman–Crippen MR) is 84.9 cm³/mol. The monoisotopic (exact) mass is 330 g/mol. The maximum atomic E-state index is 12.1. The molecule has 0 fully saturated rings. The Balaban J connectivity index is 1.58. The normalized spacial score (nSPS) is 15.9. The zero-order chi connectivity index (χ0) is 16.4. The number of thioether (sulfide) groups is 1. The lowest BCUT2D eigenvalue weighted by molar-refractivity contribution is -0.141. The average molecular weight is 330 g/mol. The van der Waals surface area contributed by atoms with E-state index < -0.39 is 18.4 Å². The molecule has 0 bridgehead atoms. The molecule has 2 aromatic carbocycles. The van der Waals surface area contributed by atoms with E-state index in [4.69, 9.17) is 4.74 Å². The van der Waals surface area contributed by atoms with Gasteiger partial charge in [-0.2, -0.15) is 0 Å². The van der Waals surface area contributed by atoms with Gasteiger partial charge in [0.1, 0.15) is 16.7 Å². The van der Waals surface area contributed by atoms with Gasteiger partial charge in [0.2, 0.25) is 5.78 Å². The van der Waals surface area contributed by atoms with Crippen LogP contribution in [0.2, 0.25) is 0 Å². The average Bonchev–Trinajstić information content (AvgIpc) is 2.96. The number of rotatable bonds is 4. The van der Waals surface area contributed by atoms with Crippen molar-refractivity contribution in [3.63, 3.8) is 0 Å². The molecular formula is C17H14O5S. The maximum absolute atomic E-state index is 12.1. The quantitative estimate of drug-likeness (QED) is 0.662. The minimum atomic E-state index is -0.517. The highest BCUT2D eigenvalue weighted by Crippen LogP contribution is 2.37. The molecule has 6 heteroatoms. The number of benzene rings is 2. The smallest absolute Gasteiger partial charge is 0.320 e. The highest BCUT2D eigenvalue weighted by molar-refractivity contribution is 8.01. The summed E-state index contributed by atoms with van der Waals surface area (Å²) in [6.45, 7) is -0.440. The minimum Gasteiger partial charge on any atom is -0.508 e. The Labute approximate surface area is 136 Å². The Hall–Kier alpha value is -2.47. The molecule has 0 saturated heterocycles. The number of esters is 1. The molecule has 3 rings (SSSR count). The Morgan fingerprint density at radius 2 is 1.96 bits per heavy atom. The first-order valence-corrected chi connectivity index (χ1v) is 7.89. The van der Waals surface area contributed by atoms with Gasteiger partial charge in [-0.25, -0.2) is 0 Å². The number of fused-ring (bicyclic) bond motifs is 1. The van der Waals surface area contributed by atoms with E-state index >= 15 is 0 Å². The van der Waals surface area contributed by atoms with Crippen LogP contribution in [0, 0.1) is 0 Å². The minimum absolute atomic E-state index is 0.0120. The summed E-state index contributed by atoms with van der Waals surface area (Å²) < 4.78 is 5.08. The van der Waals surface area contributed by atoms with E-state index in [1.165, 1.54) is 23.9 Å². The van der Waals surface area contributed by atoms with Crippen molar-refractivity contribution < 1.29 is 24.5 Å². The van der Waals surface area contributed by atoms with Gasteiger partial charge in [0.15, 0.2) is 6.61 Å². The van der Waals surface area contributed by atoms with Crippen LogP contribution in [0.5, 0.6) is 11.5 Å². The molecule has 0 aromatic heterocycles. The Morgan fingerprint density at radius 3 is 2.70 bits per heavy atom. The summed E-state index contributed by atoms with van der Waals surface area (Å²) in [6.07, 6.45) is 0.582. The van der Waals surface area contributed by atoms with Crippen LogP contribution in [0.1, 0.15) is 15.9 Å². The maximum Gasteiger partial charge on any atom is 0.320 e. The van der Waals surface area contributed by atoms with Crippen LogP contribution in [0.25, 0.3) is 0 Å². The topological polar surface area (TPSA) is 83.8 Å². The second kappa shape index (κ2) is 6.34. The zero-order valence-corrected chi connectivity index (χ0v) is 12.9. The number of hydrogen-bond acceptors (Lipinski definition) is 6. The predicted octanol–water partition coefficient (Wildman–Crippen LogP) is 2.54. The number of phenolic OH excluding ortho intramolecular Hbond substituents is 2. The molecule has 23 heavy (non-hydrogen) atoms. The lowest BCUT2D eigenvalue weighted by Crippen LogP contribution is -2.23. The van der Waals surface area contributed by atoms with Gasteiger partial charge >= 0.3 is 5.97 Å². The number of phenols is 2. The number of hydrogen-bond donors (Lipinski definition) is 2. The van der Waals surface area contributed by atoms with Gasteiger partial charge in [0.05, 0.1) is 5.56 Å². The van der Waals surface area contributed by atoms with E-state index in [-0.39, 0.29) is 22.3 Å². The van der Waals surface area contributed by atoms with Crippen LogP contribution in [-0.4, -0.2) is 33.8 Å². The van der Waals surface area contributed by atoms with E-state index in [1.54, 1.807) is 0 Å². The van der Waals surface area contributed by atoms with Crippen molar-refractivity contribution in [1.82, 2.24) is 0 Å². The van der Waals surface area contributed by atoms with Crippen molar-refractivity contribution in [2.45, 2.75) is 16.6 Å². The van der Waals surface area contributed by atoms with Crippen molar-refractivity contribution in [3.8, 4) is 11.5 Å². The molecule has 2 N–H and O–H groups in total. The van der Waals surface area contributed by atoms with Crippen molar-refractivity contribution >= 4 is 23.5 Å². The summed E-state index contributed by atoms with van der Waals surface area (Å²) in [5.74, 6) is -1.45. The van der Waals surface area contributed by atoms with Gasteiger partial charge in [0.25, 0.3) is 0 Å². The van der Waals surface area contributed by atoms with Gasteiger partial charge in [0, 0.05) is 11.0 Å². The van der Waals surface area contributed by atoms with Gasteiger partial charge in [-0.3, -0.25) is 9.59 Å². The number of ketones is 1. The summed E-state index contributed by atoms with van der Waals surface area (Å²) in [7, 11) is 0. The van der Waals surface area contributed by atoms with Gasteiger partial charge < -0.3 is 14.9 Å². The molecule has 1 unspecified atom stereocenters. The van der Waals surface area contributed by atoms with Gasteiger partial charge in [-0.15, -0.1) is 11.8 Å². The molecule has 1 aliphatic heterocycles. The van der Waals surface area contributed by atoms with Crippen molar-refractivity contribution in [3.05, 3.63) is 53.6 Å². The fraction of sp³-hybridized carbons (Fsp3) is 0.176. The molecule has 2 aromatic rings. The molecule has 0 saturated carbocycles. The highest BCUT2D eigenvalue weighted by Gasteiger charge is 2.29. The SMILES string of the molecule is O=C(COC(=O)C1Cc2ccccc2S1)c1ccc(O)cc1O. The number of ether oxygens (including phenoxy) is 1. The van der Waals surface area contributed by atoms with Gasteiger partial charge in [-0.05, 0) is 30.2 Å². The first-order valence-electron chi connectivity index (χ1n) is 7.01. The van der Waals surface area contributed by atoms with Crippen molar-refractivity contribution in [2.24, 2.45) is 0 Å². The number of aromatic hydroxyl groups is 2. The summed E-state index contributed by atoms with van der Waals surface area (Å²) in [5.41, 5.74) is 1.11. The van der Waals surface area contributed by atoms with Crippen LogP contribution in [0.3, 0.4) is 0 Å². The Bertz CT molecular complexity index is 746. The van der Waals surface area contributed by atoms with Crippen molar-refractivity contribution in [1.29, 1.82) is 0 Å². The molecule has 1 heterocycles. The van der Waals surface area contributed by atoms with Crippen LogP contribution in [0.4, 0.5) is 0 Å². The first-order chi connectivity index (χ1) is 11.0. The third-order valence-electron chi connectivity index (χ3n) is 3.54. The summed E-state index contributed by atoms with van der Waals surface area (Å²) >= 11 is 1.43. The molecule has 0 radical (unpaired) electrons. The van der Waals surface area contributed by atoms with Crippen LogP contribution < -0.4 is 0 Å². The van der Waals surface area contributed by atoms with Crippen LogP contribution >= 0.6 is 11.8 Å². The standard InChI is InChI=1S/C17H14O5S/c18-11-5-6-12(13(19)8-11)14(20)9-22-17(21)16-7-10-3-1-2-4-15(10)23-16/h1-6,8,16,18-19H,7,9H2. The van der Waals surface area contributed by atoms with E-state index in [0.717, 1.165) is 16.5 Å². The third kappa shape index (κ3) is 3.32. The summed E-state index contributed by atoms with van der Waals surface area (Å²) in [4.78, 5) is 25.1. The first kappa shape index (κ1) is 15.4. The van der Waals surface area contributed by atoms with Crippen LogP contribution in [0.15, 0.2) is 47.4 Å². The molecule has 0 amide bonds. The second-order valence-electron chi connectivity index (χ2n) is 5.15. The van der Waals surface area contributed by atoms with E-state index in [9.17, 15) is 19.8 Å². The lowest BCUT2D eigenvalue weighted by Gasteiger charge is -2.09. The molecule has 1 atom stereocenters. The van der Waals surface area contributed by atoms with E-state index in [0.29, 0.717) is 6.42 Å². The molecule has 5 nitrogen and oxygen atoms in total. The fourth-order valence-corrected chi connectivity index (χ4v) is 3.57. The Morgan fingerprint density at radius 1 is 1.17 bits per heavy atom. The number of Topliss-reactive ketones (excluding diaryl/α,β-unsaturated/α-hetero) is 1. The van der Waals surface area contributed by atoms with Crippen molar-refractivity contribution in [2.75, 3.05) is 6.61 Å². The molecule has 1 aliphatic rings. The fourth-order valence-electron chi connectivity index (χ4n) is 2.38. The van der Waals surface area contributed by atoms with E-state index in [1.807, 2.05) is 24.3 Å². The lowest BCUT2D eigenvalue weighted by atomic mass is 10.1. The number of carbonyl (C=O) groups is 2. The summed E-state index contributed by atoms with van der Waals surface area (Å²) in [6, 6.07) is 11.4. The van der Waals surface area contributed by atoms with E-state index in [2.05, 4.69) is 0 Å². The molecule has 0 aliphatic carbocycles. The van der Waals surface area contributed by atoms with Gasteiger partial charge in [-0.1, -0.05) is 18.2 Å².